The molecule has 128 valence electrons. The summed E-state index contributed by atoms with van der Waals surface area (Å²) in [6.07, 6.45) is 3.96. The number of hydrogen-bond acceptors (Lipinski definition) is 4. The monoisotopic (exact) mass is 336 g/mol. The molecular formula is C16H18F2N4O2. The SMILES string of the molecule is O=C(c1cn(Cc2c(F)cccc2F)nn1)N1CCCCC1CO. The Balaban J connectivity index is 1.76. The molecule has 3 rings (SSSR count). The first-order valence-electron chi connectivity index (χ1n) is 7.85. The maximum Gasteiger partial charge on any atom is 0.276 e. The second kappa shape index (κ2) is 7.04. The van der Waals surface area contributed by atoms with Crippen molar-refractivity contribution in [3.63, 3.8) is 0 Å². The van der Waals surface area contributed by atoms with Gasteiger partial charge in [0.1, 0.15) is 11.6 Å². The number of amides is 1. The zero-order valence-electron chi connectivity index (χ0n) is 13.0. The molecule has 6 nitrogen and oxygen atoms in total. The van der Waals surface area contributed by atoms with Crippen LogP contribution in [-0.2, 0) is 6.54 Å². The number of nitrogens with zero attached hydrogens (tertiary/aromatic N) is 4. The van der Waals surface area contributed by atoms with E-state index in [0.717, 1.165) is 19.3 Å². The van der Waals surface area contributed by atoms with Crippen LogP contribution in [0.2, 0.25) is 0 Å². The zero-order valence-corrected chi connectivity index (χ0v) is 13.0. The van der Waals surface area contributed by atoms with Crippen molar-refractivity contribution in [3.8, 4) is 0 Å². The highest BCUT2D eigenvalue weighted by molar-refractivity contribution is 5.92. The number of hydrogen-bond donors (Lipinski definition) is 1. The second-order valence-electron chi connectivity index (χ2n) is 5.83. The van der Waals surface area contributed by atoms with Crippen molar-refractivity contribution in [2.75, 3.05) is 13.2 Å². The van der Waals surface area contributed by atoms with Crippen molar-refractivity contribution in [1.82, 2.24) is 19.9 Å². The molecule has 1 aromatic heterocycles. The van der Waals surface area contributed by atoms with Gasteiger partial charge in [-0.25, -0.2) is 13.5 Å². The van der Waals surface area contributed by atoms with Crippen molar-refractivity contribution >= 4 is 5.91 Å². The lowest BCUT2D eigenvalue weighted by atomic mass is 10.0. The minimum Gasteiger partial charge on any atom is -0.394 e. The van der Waals surface area contributed by atoms with Gasteiger partial charge in [-0.05, 0) is 31.4 Å². The quantitative estimate of drug-likeness (QED) is 0.920. The molecule has 0 spiro atoms. The van der Waals surface area contributed by atoms with Gasteiger partial charge in [-0.1, -0.05) is 11.3 Å². The van der Waals surface area contributed by atoms with Crippen molar-refractivity contribution in [1.29, 1.82) is 0 Å². The lowest BCUT2D eigenvalue weighted by molar-refractivity contribution is 0.0497. The first kappa shape index (κ1) is 16.5. The fraction of sp³-hybridized carbons (Fsp3) is 0.438. The highest BCUT2D eigenvalue weighted by atomic mass is 19.1. The number of carbonyl (C=O) groups is 1. The van der Waals surface area contributed by atoms with Crippen LogP contribution < -0.4 is 0 Å². The first-order chi connectivity index (χ1) is 11.6. The van der Waals surface area contributed by atoms with Gasteiger partial charge in [0.2, 0.25) is 0 Å². The minimum atomic E-state index is -0.672. The lowest BCUT2D eigenvalue weighted by Crippen LogP contribution is -2.45. The number of benzene rings is 1. The number of likely N-dealkylation sites (tertiary alicyclic amines) is 1. The van der Waals surface area contributed by atoms with Crippen LogP contribution in [0.5, 0.6) is 0 Å². The molecule has 1 unspecified atom stereocenters. The second-order valence-corrected chi connectivity index (χ2v) is 5.83. The molecule has 24 heavy (non-hydrogen) atoms. The fourth-order valence-corrected chi connectivity index (χ4v) is 2.92. The van der Waals surface area contributed by atoms with Crippen molar-refractivity contribution < 1.29 is 18.7 Å². The number of aliphatic hydroxyl groups is 1. The number of carbonyl (C=O) groups excluding carboxylic acids is 1. The highest BCUT2D eigenvalue weighted by Gasteiger charge is 2.28. The van der Waals surface area contributed by atoms with Crippen molar-refractivity contribution in [3.05, 3.63) is 47.3 Å². The normalized spacial score (nSPS) is 18.0. The average Bonchev–Trinajstić information content (AvgIpc) is 3.06. The molecule has 2 heterocycles. The van der Waals surface area contributed by atoms with Crippen LogP contribution in [0.1, 0.15) is 35.3 Å². The van der Waals surface area contributed by atoms with E-state index in [9.17, 15) is 18.7 Å². The molecule has 0 radical (unpaired) electrons. The third-order valence-corrected chi connectivity index (χ3v) is 4.24. The van der Waals surface area contributed by atoms with Crippen LogP contribution in [0.15, 0.2) is 24.4 Å². The Morgan fingerprint density at radius 2 is 2.04 bits per heavy atom. The van der Waals surface area contributed by atoms with E-state index >= 15 is 0 Å². The van der Waals surface area contributed by atoms with E-state index in [0.29, 0.717) is 6.54 Å². The smallest absolute Gasteiger partial charge is 0.276 e. The van der Waals surface area contributed by atoms with Crippen LogP contribution in [0.4, 0.5) is 8.78 Å². The predicted molar refractivity (Wildman–Crippen MR) is 81.2 cm³/mol. The standard InChI is InChI=1S/C16H18F2N4O2/c17-13-5-3-6-14(18)12(13)8-21-9-15(19-20-21)16(24)22-7-2-1-4-11(22)10-23/h3,5-6,9,11,23H,1-2,4,7-8,10H2. The molecule has 1 amide bonds. The summed E-state index contributed by atoms with van der Waals surface area (Å²) >= 11 is 0. The lowest BCUT2D eigenvalue weighted by Gasteiger charge is -2.33. The van der Waals surface area contributed by atoms with Gasteiger partial charge in [0.25, 0.3) is 5.91 Å². The maximum absolute atomic E-state index is 13.7. The Bertz CT molecular complexity index is 714. The molecule has 1 aliphatic rings. The number of rotatable bonds is 4. The summed E-state index contributed by atoms with van der Waals surface area (Å²) in [6, 6.07) is 3.40. The molecule has 1 fully saturated rings. The Labute approximate surface area is 137 Å². The summed E-state index contributed by atoms with van der Waals surface area (Å²) in [5.74, 6) is -1.67. The summed E-state index contributed by atoms with van der Waals surface area (Å²) < 4.78 is 28.6. The highest BCUT2D eigenvalue weighted by Crippen LogP contribution is 2.19. The van der Waals surface area contributed by atoms with Gasteiger partial charge >= 0.3 is 0 Å². The molecule has 1 aromatic carbocycles. The van der Waals surface area contributed by atoms with Gasteiger partial charge in [-0.3, -0.25) is 4.79 Å². The molecule has 2 aromatic rings. The van der Waals surface area contributed by atoms with Gasteiger partial charge in [-0.15, -0.1) is 5.10 Å². The summed E-state index contributed by atoms with van der Waals surface area (Å²) in [5.41, 5.74) is -0.0281. The Kier molecular flexibility index (Phi) is 4.84. The van der Waals surface area contributed by atoms with Crippen LogP contribution in [-0.4, -0.2) is 50.1 Å². The third kappa shape index (κ3) is 3.28. The van der Waals surface area contributed by atoms with E-state index in [4.69, 9.17) is 0 Å². The average molecular weight is 336 g/mol. The third-order valence-electron chi connectivity index (χ3n) is 4.24. The first-order valence-corrected chi connectivity index (χ1v) is 7.85. The van der Waals surface area contributed by atoms with Gasteiger partial charge in [0.05, 0.1) is 25.4 Å². The number of piperidine rings is 1. The van der Waals surface area contributed by atoms with Crippen molar-refractivity contribution in [2.45, 2.75) is 31.8 Å². The fourth-order valence-electron chi connectivity index (χ4n) is 2.92. The zero-order chi connectivity index (χ0) is 17.1. The van der Waals surface area contributed by atoms with Gasteiger partial charge in [0, 0.05) is 12.1 Å². The Morgan fingerprint density at radius 3 is 2.75 bits per heavy atom. The van der Waals surface area contributed by atoms with Crippen molar-refractivity contribution in [2.24, 2.45) is 0 Å². The van der Waals surface area contributed by atoms with E-state index in [-0.39, 0.29) is 36.4 Å². The largest absolute Gasteiger partial charge is 0.394 e. The van der Waals surface area contributed by atoms with E-state index in [2.05, 4.69) is 10.3 Å². The maximum atomic E-state index is 13.7. The number of aliphatic hydroxyl groups excluding tert-OH is 1. The minimum absolute atomic E-state index is 0.0969. The molecule has 8 heteroatoms. The summed E-state index contributed by atoms with van der Waals surface area (Å²) in [6.45, 7) is 0.307. The summed E-state index contributed by atoms with van der Waals surface area (Å²) in [4.78, 5) is 14.1. The molecule has 0 aliphatic carbocycles. The van der Waals surface area contributed by atoms with Gasteiger partial charge < -0.3 is 10.0 Å². The van der Waals surface area contributed by atoms with E-state index in [1.54, 1.807) is 4.90 Å². The van der Waals surface area contributed by atoms with E-state index in [1.807, 2.05) is 0 Å². The van der Waals surface area contributed by atoms with Gasteiger partial charge in [0.15, 0.2) is 5.69 Å². The van der Waals surface area contributed by atoms with Crippen LogP contribution in [0.3, 0.4) is 0 Å². The summed E-state index contributed by atoms with van der Waals surface area (Å²) in [7, 11) is 0. The molecule has 0 saturated carbocycles. The van der Waals surface area contributed by atoms with E-state index in [1.165, 1.54) is 29.1 Å². The molecule has 0 bridgehead atoms. The summed E-state index contributed by atoms with van der Waals surface area (Å²) in [5, 5.41) is 17.0. The van der Waals surface area contributed by atoms with Crippen LogP contribution >= 0.6 is 0 Å². The molecular weight excluding hydrogens is 318 g/mol. The Morgan fingerprint density at radius 1 is 1.29 bits per heavy atom. The molecule has 1 saturated heterocycles. The number of halogens is 2. The van der Waals surface area contributed by atoms with E-state index < -0.39 is 11.6 Å². The van der Waals surface area contributed by atoms with Crippen LogP contribution in [0.25, 0.3) is 0 Å². The predicted octanol–water partition coefficient (Wildman–Crippen LogP) is 1.59. The molecule has 1 N–H and O–H groups in total. The Hall–Kier alpha value is -2.35. The topological polar surface area (TPSA) is 71.2 Å². The molecule has 1 aliphatic heterocycles. The van der Waals surface area contributed by atoms with Crippen LogP contribution in [0, 0.1) is 11.6 Å². The number of aromatic nitrogens is 3. The van der Waals surface area contributed by atoms with Gasteiger partial charge in [-0.2, -0.15) is 0 Å². The molecule has 1 atom stereocenters.